The minimum Gasteiger partial charge on any atom is -0.356 e. The standard InChI is InChI=1S/C24H25FN4O2S/c1-2-3-14-26-21(30)13-12-20-23(31)29-22(27-20)17-9-5-7-11-19(17)28-24(29)32-15-16-8-4-6-10-18(16)25/h4-11,20H,2-3,12-15H2,1H3,(H,26,30)/t20-/m0/s1. The number of nitrogens with zero attached hydrogens (tertiary/aromatic N) is 3. The molecule has 6 nitrogen and oxygen atoms in total. The third-order valence-corrected chi connectivity index (χ3v) is 6.35. The first-order valence-corrected chi connectivity index (χ1v) is 11.8. The molecule has 2 heterocycles. The fourth-order valence-corrected chi connectivity index (χ4v) is 4.59. The lowest BCUT2D eigenvalue weighted by atomic mass is 10.1. The van der Waals surface area contributed by atoms with Crippen LogP contribution < -0.4 is 5.32 Å². The maximum Gasteiger partial charge on any atom is 0.259 e. The number of hydrogen-bond donors (Lipinski definition) is 1. The first kappa shape index (κ1) is 22.2. The average Bonchev–Trinajstić information content (AvgIpc) is 3.14. The topological polar surface area (TPSA) is 74.1 Å². The van der Waals surface area contributed by atoms with Crippen LogP contribution >= 0.6 is 11.8 Å². The Labute approximate surface area is 191 Å². The molecular weight excluding hydrogens is 427 g/mol. The summed E-state index contributed by atoms with van der Waals surface area (Å²) in [6.07, 6.45) is 2.52. The molecule has 166 valence electrons. The molecule has 0 saturated carbocycles. The Balaban J connectivity index is 1.52. The fourth-order valence-electron chi connectivity index (χ4n) is 3.61. The first-order valence-electron chi connectivity index (χ1n) is 10.8. The number of rotatable bonds is 8. The molecule has 0 radical (unpaired) electrons. The van der Waals surface area contributed by atoms with Crippen molar-refractivity contribution >= 4 is 40.3 Å². The van der Waals surface area contributed by atoms with Crippen LogP contribution in [-0.2, 0) is 15.3 Å². The van der Waals surface area contributed by atoms with Gasteiger partial charge in [-0.05, 0) is 36.6 Å². The van der Waals surface area contributed by atoms with E-state index in [0.29, 0.717) is 35.3 Å². The summed E-state index contributed by atoms with van der Waals surface area (Å²) in [5, 5.41) is 3.36. The number of amides is 2. The third-order valence-electron chi connectivity index (χ3n) is 5.36. The quantitative estimate of drug-likeness (QED) is 0.603. The molecule has 2 aliphatic rings. The molecule has 0 fully saturated rings. The molecule has 0 unspecified atom stereocenters. The number of carbonyl (C=O) groups excluding carboxylic acids is 2. The molecule has 0 aliphatic carbocycles. The summed E-state index contributed by atoms with van der Waals surface area (Å²) in [5.41, 5.74) is 2.06. The molecule has 2 aromatic rings. The molecular formula is C24H25FN4O2S. The van der Waals surface area contributed by atoms with Crippen LogP contribution in [0.2, 0.25) is 0 Å². The van der Waals surface area contributed by atoms with Crippen molar-refractivity contribution in [3.63, 3.8) is 0 Å². The van der Waals surface area contributed by atoms with E-state index in [0.717, 1.165) is 24.1 Å². The maximum atomic E-state index is 14.1. The average molecular weight is 453 g/mol. The van der Waals surface area contributed by atoms with Crippen LogP contribution in [0.5, 0.6) is 0 Å². The highest BCUT2D eigenvalue weighted by Gasteiger charge is 2.41. The zero-order valence-electron chi connectivity index (χ0n) is 17.9. The maximum absolute atomic E-state index is 14.1. The normalized spacial score (nSPS) is 16.9. The van der Waals surface area contributed by atoms with Gasteiger partial charge in [0, 0.05) is 24.3 Å². The summed E-state index contributed by atoms with van der Waals surface area (Å²) >= 11 is 1.30. The molecule has 2 aromatic carbocycles. The Morgan fingerprint density at radius 3 is 2.78 bits per heavy atom. The molecule has 0 spiro atoms. The summed E-state index contributed by atoms with van der Waals surface area (Å²) in [6.45, 7) is 2.71. The van der Waals surface area contributed by atoms with Gasteiger partial charge in [0.05, 0.1) is 5.69 Å². The van der Waals surface area contributed by atoms with Gasteiger partial charge in [-0.3, -0.25) is 14.6 Å². The highest BCUT2D eigenvalue weighted by molar-refractivity contribution is 8.13. The smallest absolute Gasteiger partial charge is 0.259 e. The second-order valence-electron chi connectivity index (χ2n) is 7.68. The van der Waals surface area contributed by atoms with Crippen LogP contribution in [0.1, 0.15) is 43.7 Å². The molecule has 2 aliphatic heterocycles. The summed E-state index contributed by atoms with van der Waals surface area (Å²) in [4.78, 5) is 36.2. The Bertz CT molecular complexity index is 1090. The van der Waals surface area contributed by atoms with Gasteiger partial charge in [-0.2, -0.15) is 0 Å². The Hall–Kier alpha value is -3.00. The van der Waals surface area contributed by atoms with Gasteiger partial charge in [0.2, 0.25) is 5.91 Å². The van der Waals surface area contributed by atoms with Crippen molar-refractivity contribution in [1.82, 2.24) is 10.2 Å². The monoisotopic (exact) mass is 452 g/mol. The van der Waals surface area contributed by atoms with E-state index in [-0.39, 0.29) is 24.1 Å². The number of amidine groups is 2. The lowest BCUT2D eigenvalue weighted by molar-refractivity contribution is -0.125. The molecule has 0 aromatic heterocycles. The number of hydrogen-bond acceptors (Lipinski definition) is 5. The van der Waals surface area contributed by atoms with Gasteiger partial charge in [-0.25, -0.2) is 14.3 Å². The van der Waals surface area contributed by atoms with Crippen LogP contribution in [0.25, 0.3) is 0 Å². The van der Waals surface area contributed by atoms with Crippen molar-refractivity contribution in [3.05, 3.63) is 65.5 Å². The van der Waals surface area contributed by atoms with E-state index in [1.807, 2.05) is 24.3 Å². The molecule has 0 bridgehead atoms. The van der Waals surface area contributed by atoms with Crippen molar-refractivity contribution in [2.45, 2.75) is 44.4 Å². The minimum atomic E-state index is -0.632. The number of fused-ring (bicyclic) bond motifs is 3. The van der Waals surface area contributed by atoms with E-state index in [1.54, 1.807) is 18.2 Å². The van der Waals surface area contributed by atoms with Crippen molar-refractivity contribution in [3.8, 4) is 0 Å². The second-order valence-corrected chi connectivity index (χ2v) is 8.62. The summed E-state index contributed by atoms with van der Waals surface area (Å²) < 4.78 is 14.1. The van der Waals surface area contributed by atoms with Gasteiger partial charge in [-0.15, -0.1) is 0 Å². The predicted octanol–water partition coefficient (Wildman–Crippen LogP) is 4.41. The van der Waals surface area contributed by atoms with Gasteiger partial charge in [0.25, 0.3) is 5.91 Å². The number of nitrogens with one attached hydrogen (secondary N) is 1. The fraction of sp³-hybridized carbons (Fsp3) is 0.333. The lowest BCUT2D eigenvalue weighted by Gasteiger charge is -2.25. The zero-order chi connectivity index (χ0) is 22.5. The second kappa shape index (κ2) is 10.1. The van der Waals surface area contributed by atoms with E-state index in [9.17, 15) is 14.0 Å². The van der Waals surface area contributed by atoms with Gasteiger partial charge < -0.3 is 5.32 Å². The van der Waals surface area contributed by atoms with Crippen molar-refractivity contribution in [1.29, 1.82) is 0 Å². The van der Waals surface area contributed by atoms with E-state index >= 15 is 0 Å². The number of aliphatic imine (C=N–C) groups is 2. The predicted molar refractivity (Wildman–Crippen MR) is 126 cm³/mol. The Morgan fingerprint density at radius 2 is 1.97 bits per heavy atom. The largest absolute Gasteiger partial charge is 0.356 e. The van der Waals surface area contributed by atoms with E-state index in [1.165, 1.54) is 22.7 Å². The van der Waals surface area contributed by atoms with Crippen LogP contribution in [0, 0.1) is 5.82 Å². The van der Waals surface area contributed by atoms with Gasteiger partial charge in [-0.1, -0.05) is 55.4 Å². The van der Waals surface area contributed by atoms with Crippen molar-refractivity contribution in [2.24, 2.45) is 9.98 Å². The minimum absolute atomic E-state index is 0.0699. The van der Waals surface area contributed by atoms with Crippen LogP contribution in [0.3, 0.4) is 0 Å². The van der Waals surface area contributed by atoms with Crippen molar-refractivity contribution in [2.75, 3.05) is 6.54 Å². The molecule has 1 atom stereocenters. The molecule has 1 N–H and O–H groups in total. The number of thioether (sulfide) groups is 1. The van der Waals surface area contributed by atoms with E-state index in [4.69, 9.17) is 0 Å². The van der Waals surface area contributed by atoms with E-state index in [2.05, 4.69) is 22.2 Å². The first-order chi connectivity index (χ1) is 15.6. The third kappa shape index (κ3) is 4.75. The van der Waals surface area contributed by atoms with Crippen molar-refractivity contribution < 1.29 is 14.0 Å². The van der Waals surface area contributed by atoms with Crippen LogP contribution in [-0.4, -0.2) is 40.3 Å². The highest BCUT2D eigenvalue weighted by Crippen LogP contribution is 2.35. The highest BCUT2D eigenvalue weighted by atomic mass is 32.2. The molecule has 8 heteroatoms. The van der Waals surface area contributed by atoms with Crippen LogP contribution in [0.4, 0.5) is 10.1 Å². The summed E-state index contributed by atoms with van der Waals surface area (Å²) in [6, 6.07) is 13.5. The lowest BCUT2D eigenvalue weighted by Crippen LogP contribution is -2.41. The number of halogens is 1. The molecule has 32 heavy (non-hydrogen) atoms. The van der Waals surface area contributed by atoms with Gasteiger partial charge >= 0.3 is 0 Å². The number of para-hydroxylation sites is 1. The SMILES string of the molecule is CCCCNC(=O)CC[C@@H]1N=C2c3ccccc3N=C(SCc3ccccc3F)N2C1=O. The van der Waals surface area contributed by atoms with Crippen LogP contribution in [0.15, 0.2) is 58.5 Å². The number of carbonyl (C=O) groups is 2. The zero-order valence-corrected chi connectivity index (χ0v) is 18.7. The van der Waals surface area contributed by atoms with E-state index < -0.39 is 6.04 Å². The summed E-state index contributed by atoms with van der Waals surface area (Å²) in [5.74, 6) is 0.337. The molecule has 0 saturated heterocycles. The molecule has 2 amide bonds. The number of unbranched alkanes of at least 4 members (excludes halogenated alkanes) is 1. The number of benzene rings is 2. The Morgan fingerprint density at radius 1 is 1.19 bits per heavy atom. The Kier molecular flexibility index (Phi) is 6.99. The summed E-state index contributed by atoms with van der Waals surface area (Å²) in [7, 11) is 0. The molecule has 4 rings (SSSR count). The van der Waals surface area contributed by atoms with Gasteiger partial charge in [0.1, 0.15) is 17.7 Å². The van der Waals surface area contributed by atoms with Gasteiger partial charge in [0.15, 0.2) is 5.17 Å².